The number of aryl methyl sites for hydroxylation is 2. The summed E-state index contributed by atoms with van der Waals surface area (Å²) in [5, 5.41) is 6.68. The van der Waals surface area contributed by atoms with Gasteiger partial charge in [-0.2, -0.15) is 5.10 Å². The Hall–Kier alpha value is -2.56. The predicted molar refractivity (Wildman–Crippen MR) is 72.3 cm³/mol. The first-order valence-corrected chi connectivity index (χ1v) is 6.01. The van der Waals surface area contributed by atoms with Gasteiger partial charge in [0.05, 0.1) is 17.5 Å². The second-order valence-electron chi connectivity index (χ2n) is 4.34. The molecule has 94 valence electrons. The zero-order valence-electron chi connectivity index (χ0n) is 10.8. The number of pyridine rings is 1. The summed E-state index contributed by atoms with van der Waals surface area (Å²) in [6, 6.07) is 5.92. The van der Waals surface area contributed by atoms with E-state index in [9.17, 15) is 0 Å². The van der Waals surface area contributed by atoms with Gasteiger partial charge in [0, 0.05) is 29.3 Å². The molecule has 19 heavy (non-hydrogen) atoms. The van der Waals surface area contributed by atoms with Crippen LogP contribution in [0.5, 0.6) is 0 Å². The summed E-state index contributed by atoms with van der Waals surface area (Å²) in [5.74, 6) is 0.659. The monoisotopic (exact) mass is 251 g/mol. The minimum atomic E-state index is 0.659. The Morgan fingerprint density at radius 2 is 1.95 bits per heavy atom. The summed E-state index contributed by atoms with van der Waals surface area (Å²) in [5.41, 5.74) is 4.75. The van der Waals surface area contributed by atoms with Gasteiger partial charge in [0.1, 0.15) is 0 Å². The second-order valence-corrected chi connectivity index (χ2v) is 4.34. The molecule has 0 atom stereocenters. The third kappa shape index (κ3) is 2.22. The average Bonchev–Trinajstić information content (AvgIpc) is 2.93. The summed E-state index contributed by atoms with van der Waals surface area (Å²) in [7, 11) is 0. The number of H-pyrrole nitrogens is 1. The largest absolute Gasteiger partial charge is 0.285 e. The highest BCUT2D eigenvalue weighted by Crippen LogP contribution is 2.22. The van der Waals surface area contributed by atoms with Crippen LogP contribution < -0.4 is 0 Å². The van der Waals surface area contributed by atoms with E-state index in [1.807, 2.05) is 32.0 Å². The third-order valence-electron chi connectivity index (χ3n) is 2.91. The van der Waals surface area contributed by atoms with Gasteiger partial charge in [-0.05, 0) is 32.0 Å². The van der Waals surface area contributed by atoms with E-state index < -0.39 is 0 Å². The van der Waals surface area contributed by atoms with Crippen molar-refractivity contribution in [3.05, 3.63) is 48.2 Å². The quantitative estimate of drug-likeness (QED) is 0.760. The highest BCUT2D eigenvalue weighted by atomic mass is 15.1. The van der Waals surface area contributed by atoms with Gasteiger partial charge in [-0.3, -0.25) is 10.1 Å². The lowest BCUT2D eigenvalue weighted by Gasteiger charge is -2.06. The van der Waals surface area contributed by atoms with Crippen LogP contribution in [0, 0.1) is 13.8 Å². The SMILES string of the molecule is Cc1ccc(-c2ccnc(-c3cn[nH]c3)n2)c(C)n1. The zero-order valence-corrected chi connectivity index (χ0v) is 10.8. The van der Waals surface area contributed by atoms with Crippen molar-refractivity contribution in [2.24, 2.45) is 0 Å². The number of aromatic nitrogens is 5. The lowest BCUT2D eigenvalue weighted by Crippen LogP contribution is -1.95. The van der Waals surface area contributed by atoms with E-state index in [1.54, 1.807) is 18.6 Å². The van der Waals surface area contributed by atoms with E-state index in [-0.39, 0.29) is 0 Å². The van der Waals surface area contributed by atoms with Gasteiger partial charge in [0.2, 0.25) is 0 Å². The molecular weight excluding hydrogens is 238 g/mol. The van der Waals surface area contributed by atoms with Gasteiger partial charge in [-0.1, -0.05) is 0 Å². The Morgan fingerprint density at radius 1 is 1.05 bits per heavy atom. The molecule has 0 radical (unpaired) electrons. The first-order valence-electron chi connectivity index (χ1n) is 6.01. The van der Waals surface area contributed by atoms with E-state index >= 15 is 0 Å². The molecule has 0 saturated heterocycles. The topological polar surface area (TPSA) is 67.3 Å². The van der Waals surface area contributed by atoms with Crippen LogP contribution in [0.15, 0.2) is 36.8 Å². The molecule has 0 aliphatic rings. The number of aromatic amines is 1. The van der Waals surface area contributed by atoms with Gasteiger partial charge in [-0.25, -0.2) is 9.97 Å². The first-order chi connectivity index (χ1) is 9.24. The molecule has 0 saturated carbocycles. The fourth-order valence-electron chi connectivity index (χ4n) is 1.98. The van der Waals surface area contributed by atoms with Crippen LogP contribution in [0.1, 0.15) is 11.4 Å². The maximum atomic E-state index is 4.56. The van der Waals surface area contributed by atoms with Crippen LogP contribution in [0.4, 0.5) is 0 Å². The summed E-state index contributed by atoms with van der Waals surface area (Å²) in [6.07, 6.45) is 5.24. The maximum Gasteiger partial charge on any atom is 0.162 e. The number of rotatable bonds is 2. The highest BCUT2D eigenvalue weighted by molar-refractivity contribution is 5.64. The number of hydrogen-bond acceptors (Lipinski definition) is 4. The molecule has 0 aliphatic heterocycles. The molecule has 3 heterocycles. The van der Waals surface area contributed by atoms with Crippen LogP contribution in [-0.4, -0.2) is 25.1 Å². The number of nitrogens with one attached hydrogen (secondary N) is 1. The van der Waals surface area contributed by atoms with Crippen molar-refractivity contribution in [1.82, 2.24) is 25.1 Å². The normalized spacial score (nSPS) is 10.6. The van der Waals surface area contributed by atoms with Crippen LogP contribution in [0.2, 0.25) is 0 Å². The van der Waals surface area contributed by atoms with Gasteiger partial charge >= 0.3 is 0 Å². The van der Waals surface area contributed by atoms with Crippen LogP contribution in [-0.2, 0) is 0 Å². The van der Waals surface area contributed by atoms with Crippen molar-refractivity contribution in [2.75, 3.05) is 0 Å². The van der Waals surface area contributed by atoms with E-state index in [0.717, 1.165) is 28.2 Å². The van der Waals surface area contributed by atoms with E-state index in [1.165, 1.54) is 0 Å². The lowest BCUT2D eigenvalue weighted by molar-refractivity contribution is 1.09. The maximum absolute atomic E-state index is 4.56. The highest BCUT2D eigenvalue weighted by Gasteiger charge is 2.08. The van der Waals surface area contributed by atoms with Gasteiger partial charge < -0.3 is 0 Å². The summed E-state index contributed by atoms with van der Waals surface area (Å²) in [4.78, 5) is 13.3. The van der Waals surface area contributed by atoms with E-state index in [0.29, 0.717) is 5.82 Å². The zero-order chi connectivity index (χ0) is 13.2. The van der Waals surface area contributed by atoms with Crippen molar-refractivity contribution in [1.29, 1.82) is 0 Å². The molecule has 3 aromatic rings. The molecular formula is C14H13N5. The molecule has 0 unspecified atom stereocenters. The Balaban J connectivity index is 2.08. The van der Waals surface area contributed by atoms with Crippen molar-refractivity contribution in [2.45, 2.75) is 13.8 Å². The first kappa shape index (κ1) is 11.5. The Morgan fingerprint density at radius 3 is 2.68 bits per heavy atom. The Labute approximate surface area is 110 Å². The molecule has 0 aliphatic carbocycles. The van der Waals surface area contributed by atoms with Crippen molar-refractivity contribution in [3.63, 3.8) is 0 Å². The predicted octanol–water partition coefficient (Wildman–Crippen LogP) is 2.55. The average molecular weight is 251 g/mol. The van der Waals surface area contributed by atoms with Crippen LogP contribution in [0.25, 0.3) is 22.6 Å². The fourth-order valence-corrected chi connectivity index (χ4v) is 1.98. The molecule has 5 heteroatoms. The van der Waals surface area contributed by atoms with Gasteiger partial charge in [-0.15, -0.1) is 0 Å². The third-order valence-corrected chi connectivity index (χ3v) is 2.91. The second kappa shape index (κ2) is 4.61. The summed E-state index contributed by atoms with van der Waals surface area (Å²) >= 11 is 0. The Kier molecular flexibility index (Phi) is 2.79. The fraction of sp³-hybridized carbons (Fsp3) is 0.143. The molecule has 0 bridgehead atoms. The lowest BCUT2D eigenvalue weighted by atomic mass is 10.1. The van der Waals surface area contributed by atoms with E-state index in [4.69, 9.17) is 0 Å². The summed E-state index contributed by atoms with van der Waals surface area (Å²) in [6.45, 7) is 3.97. The minimum absolute atomic E-state index is 0.659. The smallest absolute Gasteiger partial charge is 0.162 e. The van der Waals surface area contributed by atoms with Crippen LogP contribution >= 0.6 is 0 Å². The van der Waals surface area contributed by atoms with E-state index in [2.05, 4.69) is 25.1 Å². The molecule has 3 rings (SSSR count). The number of hydrogen-bond donors (Lipinski definition) is 1. The molecule has 0 fully saturated rings. The summed E-state index contributed by atoms with van der Waals surface area (Å²) < 4.78 is 0. The van der Waals surface area contributed by atoms with Crippen molar-refractivity contribution < 1.29 is 0 Å². The molecule has 0 aromatic carbocycles. The minimum Gasteiger partial charge on any atom is -0.285 e. The van der Waals surface area contributed by atoms with Crippen molar-refractivity contribution >= 4 is 0 Å². The standard InChI is InChI=1S/C14H13N5/c1-9-3-4-12(10(2)18-9)13-5-6-15-14(19-13)11-7-16-17-8-11/h3-8H,1-2H3,(H,16,17). The van der Waals surface area contributed by atoms with Crippen LogP contribution in [0.3, 0.4) is 0 Å². The van der Waals surface area contributed by atoms with Crippen molar-refractivity contribution in [3.8, 4) is 22.6 Å². The Bertz CT molecular complexity index is 704. The number of nitrogens with zero attached hydrogens (tertiary/aromatic N) is 4. The molecule has 3 aromatic heterocycles. The van der Waals surface area contributed by atoms with Gasteiger partial charge in [0.15, 0.2) is 5.82 Å². The molecule has 0 amide bonds. The molecule has 1 N–H and O–H groups in total. The molecule has 0 spiro atoms. The molecule has 5 nitrogen and oxygen atoms in total. The van der Waals surface area contributed by atoms with Gasteiger partial charge in [0.25, 0.3) is 0 Å².